The fourth-order valence-electron chi connectivity index (χ4n) is 5.35. The van der Waals surface area contributed by atoms with Crippen molar-refractivity contribution >= 4 is 27.3 Å². The van der Waals surface area contributed by atoms with Crippen LogP contribution in [0.4, 0.5) is 4.39 Å². The average Bonchev–Trinajstić information content (AvgIpc) is 3.57. The van der Waals surface area contributed by atoms with Gasteiger partial charge in [-0.3, -0.25) is 0 Å². The molecule has 2 aliphatic rings. The molecule has 2 heterocycles. The minimum absolute atomic E-state index is 0.0425. The summed E-state index contributed by atoms with van der Waals surface area (Å²) in [6.07, 6.45) is 4.31. The van der Waals surface area contributed by atoms with Crippen LogP contribution in [0.1, 0.15) is 72.4 Å². The monoisotopic (exact) mass is 633 g/mol. The molecule has 6 rings (SSSR count). The first-order chi connectivity index (χ1) is 21.1. The molecule has 11 heteroatoms. The highest BCUT2D eigenvalue weighted by Gasteiger charge is 2.36. The van der Waals surface area contributed by atoms with Crippen molar-refractivity contribution in [2.24, 2.45) is 17.0 Å². The van der Waals surface area contributed by atoms with Crippen molar-refractivity contribution < 1.29 is 27.4 Å². The van der Waals surface area contributed by atoms with Gasteiger partial charge in [0.05, 0.1) is 18.4 Å². The molecule has 0 bridgehead atoms. The van der Waals surface area contributed by atoms with Gasteiger partial charge in [-0.2, -0.15) is 0 Å². The molecule has 0 radical (unpaired) electrons. The number of carbonyl (C=O) groups excluding carboxylic acids is 1. The molecule has 1 unspecified atom stereocenters. The van der Waals surface area contributed by atoms with Crippen molar-refractivity contribution in [3.05, 3.63) is 82.2 Å². The lowest BCUT2D eigenvalue weighted by Crippen LogP contribution is -2.15. The summed E-state index contributed by atoms with van der Waals surface area (Å²) in [5.74, 6) is 5.63. The van der Waals surface area contributed by atoms with E-state index in [1.807, 2.05) is 34.9 Å². The summed E-state index contributed by atoms with van der Waals surface area (Å²) >= 11 is 1.28. The predicted molar refractivity (Wildman–Crippen MR) is 166 cm³/mol. The molecule has 8 nitrogen and oxygen atoms in total. The molecule has 1 atom stereocenters. The Morgan fingerprint density at radius 1 is 1.20 bits per heavy atom. The van der Waals surface area contributed by atoms with Gasteiger partial charge < -0.3 is 14.4 Å². The molecule has 0 amide bonds. The molecule has 228 valence electrons. The van der Waals surface area contributed by atoms with Gasteiger partial charge in [0.1, 0.15) is 15.7 Å². The van der Waals surface area contributed by atoms with Gasteiger partial charge in [-0.15, -0.1) is 11.3 Å². The summed E-state index contributed by atoms with van der Waals surface area (Å²) in [6, 6.07) is 13.6. The molecular weight excluding hydrogens is 602 g/mol. The van der Waals surface area contributed by atoms with Crippen LogP contribution < -0.4 is 5.14 Å². The number of aromatic nitrogens is 2. The minimum atomic E-state index is -4.23. The Bertz CT molecular complexity index is 1900. The Balaban J connectivity index is 1.50. The Labute approximate surface area is 259 Å². The van der Waals surface area contributed by atoms with Crippen molar-refractivity contribution in [2.75, 3.05) is 6.61 Å². The van der Waals surface area contributed by atoms with Crippen LogP contribution in [-0.4, -0.2) is 35.7 Å². The number of aliphatic hydroxyl groups excluding tert-OH is 1. The minimum Gasteiger partial charge on any atom is -0.461 e. The van der Waals surface area contributed by atoms with Gasteiger partial charge in [0.25, 0.3) is 0 Å². The Kier molecular flexibility index (Phi) is 8.44. The predicted octanol–water partition coefficient (Wildman–Crippen LogP) is 5.89. The van der Waals surface area contributed by atoms with Crippen molar-refractivity contribution in [3.63, 3.8) is 0 Å². The molecular formula is C33H32FN3O5S2. The number of halogens is 1. The van der Waals surface area contributed by atoms with Crippen LogP contribution in [0.15, 0.2) is 58.8 Å². The highest BCUT2D eigenvalue weighted by molar-refractivity contribution is 7.89. The van der Waals surface area contributed by atoms with Crippen LogP contribution in [0.5, 0.6) is 0 Å². The van der Waals surface area contributed by atoms with Crippen molar-refractivity contribution in [1.29, 1.82) is 0 Å². The Morgan fingerprint density at radius 2 is 2.00 bits per heavy atom. The van der Waals surface area contributed by atoms with Gasteiger partial charge >= 0.3 is 5.97 Å². The number of hydrogen-bond donors (Lipinski definition) is 2. The van der Waals surface area contributed by atoms with Gasteiger partial charge in [0.15, 0.2) is 5.69 Å². The number of thiazole rings is 1. The molecule has 2 saturated carbocycles. The Morgan fingerprint density at radius 3 is 2.66 bits per heavy atom. The number of nitrogens with two attached hydrogens (primary N) is 1. The van der Waals surface area contributed by atoms with Crippen LogP contribution >= 0.6 is 11.3 Å². The van der Waals surface area contributed by atoms with Crippen LogP contribution in [0.25, 0.3) is 21.8 Å². The quantitative estimate of drug-likeness (QED) is 0.175. The number of esters is 1. The van der Waals surface area contributed by atoms with Crippen molar-refractivity contribution in [1.82, 2.24) is 9.55 Å². The highest BCUT2D eigenvalue weighted by Crippen LogP contribution is 2.47. The Hall–Kier alpha value is -3.82. The third-order valence-corrected chi connectivity index (χ3v) is 9.85. The van der Waals surface area contributed by atoms with Gasteiger partial charge in [-0.25, -0.2) is 27.7 Å². The maximum absolute atomic E-state index is 14.9. The van der Waals surface area contributed by atoms with Gasteiger partial charge in [0.2, 0.25) is 10.0 Å². The van der Waals surface area contributed by atoms with Crippen molar-refractivity contribution in [3.8, 4) is 33.7 Å². The first kappa shape index (κ1) is 30.2. The van der Waals surface area contributed by atoms with E-state index < -0.39 is 32.8 Å². The van der Waals surface area contributed by atoms with Crippen LogP contribution in [0, 0.1) is 29.5 Å². The normalized spacial score (nSPS) is 15.7. The number of carbonyl (C=O) groups is 1. The molecule has 0 spiro atoms. The second-order valence-electron chi connectivity index (χ2n) is 11.2. The smallest absolute Gasteiger partial charge is 0.357 e. The maximum atomic E-state index is 14.9. The van der Waals surface area contributed by atoms with Gasteiger partial charge in [-0.1, -0.05) is 36.5 Å². The summed E-state index contributed by atoms with van der Waals surface area (Å²) in [5, 5.41) is 19.0. The molecule has 2 aromatic carbocycles. The van der Waals surface area contributed by atoms with Crippen LogP contribution in [-0.2, 0) is 21.3 Å². The van der Waals surface area contributed by atoms with Crippen LogP contribution in [0.3, 0.4) is 0 Å². The molecule has 0 aliphatic heterocycles. The van der Waals surface area contributed by atoms with E-state index in [2.05, 4.69) is 16.8 Å². The van der Waals surface area contributed by atoms with Gasteiger partial charge in [-0.05, 0) is 80.0 Å². The van der Waals surface area contributed by atoms with Crippen molar-refractivity contribution in [2.45, 2.75) is 56.6 Å². The van der Waals surface area contributed by atoms with E-state index in [1.54, 1.807) is 12.3 Å². The van der Waals surface area contributed by atoms with Crippen LogP contribution in [0.2, 0.25) is 0 Å². The zero-order valence-electron chi connectivity index (χ0n) is 24.1. The largest absolute Gasteiger partial charge is 0.461 e. The summed E-state index contributed by atoms with van der Waals surface area (Å²) in [6.45, 7) is 2.08. The third kappa shape index (κ3) is 6.35. The molecule has 0 saturated heterocycles. The number of nitrogens with zero attached hydrogens (tertiary/aromatic N) is 2. The summed E-state index contributed by atoms with van der Waals surface area (Å²) < 4.78 is 45.7. The third-order valence-electron chi connectivity index (χ3n) is 8.03. The zero-order chi connectivity index (χ0) is 31.0. The van der Waals surface area contributed by atoms with E-state index in [0.29, 0.717) is 27.7 Å². The lowest BCUT2D eigenvalue weighted by Gasteiger charge is -2.19. The number of aliphatic hydroxyl groups is 1. The highest BCUT2D eigenvalue weighted by atomic mass is 32.2. The molecule has 2 aliphatic carbocycles. The summed E-state index contributed by atoms with van der Waals surface area (Å²) in [4.78, 5) is 16.4. The number of rotatable bonds is 9. The average molecular weight is 634 g/mol. The lowest BCUT2D eigenvalue weighted by molar-refractivity contribution is 0.0520. The fraction of sp³-hybridized carbons (Fsp3) is 0.333. The van der Waals surface area contributed by atoms with E-state index in [4.69, 9.17) is 9.88 Å². The summed E-state index contributed by atoms with van der Waals surface area (Å²) in [5.41, 5.74) is 4.35. The van der Waals surface area contributed by atoms with E-state index in [1.165, 1.54) is 23.8 Å². The van der Waals surface area contributed by atoms with E-state index in [-0.39, 0.29) is 24.8 Å². The molecule has 2 aromatic heterocycles. The number of primary sulfonamides is 1. The lowest BCUT2D eigenvalue weighted by atomic mass is 9.86. The molecule has 44 heavy (non-hydrogen) atoms. The SMILES string of the molecule is CCOC(=O)c1csc(-c2cc(-c3cccc(C#CC4CCC4)c3)n(Cc3ccc(S(N)(=O)=O)c(F)c3)c2C(O)C2CC2)n1. The zero-order valence-corrected chi connectivity index (χ0v) is 25.8. The number of benzene rings is 2. The number of sulfonamides is 1. The van der Waals surface area contributed by atoms with Gasteiger partial charge in [0, 0.05) is 34.7 Å². The maximum Gasteiger partial charge on any atom is 0.357 e. The fourth-order valence-corrected chi connectivity index (χ4v) is 6.75. The number of hydrogen-bond acceptors (Lipinski definition) is 7. The van der Waals surface area contributed by atoms with E-state index >= 15 is 0 Å². The van der Waals surface area contributed by atoms with E-state index in [9.17, 15) is 22.7 Å². The summed E-state index contributed by atoms with van der Waals surface area (Å²) in [7, 11) is -4.23. The first-order valence-electron chi connectivity index (χ1n) is 14.6. The molecule has 2 fully saturated rings. The number of ether oxygens (including phenoxy) is 1. The second kappa shape index (κ2) is 12.3. The first-order valence-corrected chi connectivity index (χ1v) is 17.0. The second-order valence-corrected chi connectivity index (χ2v) is 13.6. The molecule has 3 N–H and O–H groups in total. The van der Waals surface area contributed by atoms with E-state index in [0.717, 1.165) is 54.6 Å². The standard InChI is InChI=1S/C33H32FN3O5S2/c1-2-42-33(39)27-19-43-32(36-27)25-17-28(24-8-4-7-21(15-24)10-9-20-5-3-6-20)37(30(25)31(38)23-12-13-23)18-22-11-14-29(26(34)16-22)44(35,40)41/h4,7-8,11,14-17,19-20,23,31,38H,2-3,5-6,12-13,18H2,1H3,(H2,35,40,41). The molecule has 4 aromatic rings. The topological polar surface area (TPSA) is 125 Å².